The molecule has 2 aliphatic carbocycles. The summed E-state index contributed by atoms with van der Waals surface area (Å²) in [5.74, 6) is 1.84. The fraction of sp³-hybridized carbons (Fsp3) is 0.600. The van der Waals surface area contributed by atoms with Crippen molar-refractivity contribution in [3.8, 4) is 0 Å². The van der Waals surface area contributed by atoms with Crippen LogP contribution in [0.2, 0.25) is 0 Å². The predicted octanol–water partition coefficient (Wildman–Crippen LogP) is 5.78. The summed E-state index contributed by atoms with van der Waals surface area (Å²) in [5.41, 5.74) is 2.11. The second kappa shape index (κ2) is 6.16. The van der Waals surface area contributed by atoms with Gasteiger partial charge in [-0.15, -0.1) is 0 Å². The van der Waals surface area contributed by atoms with Gasteiger partial charge in [-0.3, -0.25) is 0 Å². The van der Waals surface area contributed by atoms with Crippen LogP contribution in [0.25, 0.3) is 0 Å². The number of fused-ring (bicyclic) bond motifs is 2. The molecule has 108 valence electrons. The molecule has 2 bridgehead atoms. The van der Waals surface area contributed by atoms with Crippen LogP contribution in [0.3, 0.4) is 0 Å². The molecule has 0 amide bonds. The fourth-order valence-corrected chi connectivity index (χ4v) is 4.41. The number of rotatable bonds is 7. The second-order valence-corrected chi connectivity index (χ2v) is 7.04. The maximum atomic E-state index is 2.58. The summed E-state index contributed by atoms with van der Waals surface area (Å²) in [6.45, 7) is 2.31. The van der Waals surface area contributed by atoms with Gasteiger partial charge in [-0.2, -0.15) is 0 Å². The molecule has 3 rings (SSSR count). The van der Waals surface area contributed by atoms with Crippen LogP contribution in [-0.4, -0.2) is 0 Å². The summed E-state index contributed by atoms with van der Waals surface area (Å²) in [7, 11) is 0. The molecule has 0 spiro atoms. The van der Waals surface area contributed by atoms with Crippen molar-refractivity contribution in [2.24, 2.45) is 17.3 Å². The minimum Gasteiger partial charge on any atom is -0.0846 e. The van der Waals surface area contributed by atoms with E-state index in [2.05, 4.69) is 49.4 Å². The Bertz CT molecular complexity index is 444. The average molecular weight is 268 g/mol. The van der Waals surface area contributed by atoms with E-state index in [0.29, 0.717) is 5.41 Å². The Morgan fingerprint density at radius 1 is 1.10 bits per heavy atom. The van der Waals surface area contributed by atoms with E-state index < -0.39 is 0 Å². The number of unbranched alkanes of at least 4 members (excludes halogenated alkanes) is 2. The van der Waals surface area contributed by atoms with Crippen LogP contribution in [-0.2, 0) is 6.42 Å². The number of hydrogen-bond donors (Lipinski definition) is 0. The molecule has 2 aliphatic rings. The van der Waals surface area contributed by atoms with Gasteiger partial charge in [-0.1, -0.05) is 68.7 Å². The van der Waals surface area contributed by atoms with E-state index >= 15 is 0 Å². The lowest BCUT2D eigenvalue weighted by Crippen LogP contribution is -2.15. The van der Waals surface area contributed by atoms with Crippen molar-refractivity contribution in [2.45, 2.75) is 58.3 Å². The van der Waals surface area contributed by atoms with Gasteiger partial charge in [0.25, 0.3) is 0 Å². The summed E-state index contributed by atoms with van der Waals surface area (Å²) in [6.07, 6.45) is 16.3. The summed E-state index contributed by atoms with van der Waals surface area (Å²) in [6, 6.07) is 11.0. The van der Waals surface area contributed by atoms with Gasteiger partial charge in [0.1, 0.15) is 0 Å². The third-order valence-corrected chi connectivity index (χ3v) is 5.54. The van der Waals surface area contributed by atoms with Crippen molar-refractivity contribution < 1.29 is 0 Å². The lowest BCUT2D eigenvalue weighted by Gasteiger charge is -2.26. The Morgan fingerprint density at radius 2 is 1.95 bits per heavy atom. The molecule has 0 heteroatoms. The van der Waals surface area contributed by atoms with Crippen molar-refractivity contribution in [3.05, 3.63) is 48.0 Å². The van der Waals surface area contributed by atoms with Crippen LogP contribution < -0.4 is 0 Å². The highest BCUT2D eigenvalue weighted by Gasteiger charge is 2.45. The molecule has 3 unspecified atom stereocenters. The third-order valence-electron chi connectivity index (χ3n) is 5.54. The molecule has 0 N–H and O–H groups in total. The first-order valence-electron chi connectivity index (χ1n) is 8.55. The van der Waals surface area contributed by atoms with Crippen LogP contribution >= 0.6 is 0 Å². The molecule has 1 fully saturated rings. The monoisotopic (exact) mass is 268 g/mol. The number of hydrogen-bond acceptors (Lipinski definition) is 0. The molecule has 3 atom stereocenters. The Balaban J connectivity index is 1.52. The van der Waals surface area contributed by atoms with Gasteiger partial charge in [-0.05, 0) is 54.9 Å². The molecule has 1 aromatic rings. The standard InChI is InChI=1S/C20H28/c1-2-3-7-13-20-14-12-19(16-20)18(15-20)11-10-17-8-5-4-6-9-17/h4-6,8-9,12,14,18-19H,2-3,7,10-11,13,15-16H2,1H3. The second-order valence-electron chi connectivity index (χ2n) is 7.04. The number of benzene rings is 1. The van der Waals surface area contributed by atoms with E-state index in [1.807, 2.05) is 0 Å². The van der Waals surface area contributed by atoms with Gasteiger partial charge < -0.3 is 0 Å². The maximum Gasteiger partial charge on any atom is -0.0110 e. The molecule has 0 aromatic heterocycles. The van der Waals surface area contributed by atoms with Crippen molar-refractivity contribution in [1.82, 2.24) is 0 Å². The lowest BCUT2D eigenvalue weighted by atomic mass is 9.79. The normalized spacial score (nSPS) is 31.1. The Hall–Kier alpha value is -1.04. The minimum absolute atomic E-state index is 0.598. The van der Waals surface area contributed by atoms with Gasteiger partial charge in [0.05, 0.1) is 0 Å². The average Bonchev–Trinajstić information content (AvgIpc) is 3.05. The molecule has 1 saturated carbocycles. The Morgan fingerprint density at radius 3 is 2.75 bits per heavy atom. The van der Waals surface area contributed by atoms with Crippen molar-refractivity contribution in [3.63, 3.8) is 0 Å². The van der Waals surface area contributed by atoms with Gasteiger partial charge >= 0.3 is 0 Å². The summed E-state index contributed by atoms with van der Waals surface area (Å²) in [4.78, 5) is 0. The maximum absolute atomic E-state index is 2.58. The topological polar surface area (TPSA) is 0 Å². The molecule has 0 heterocycles. The van der Waals surface area contributed by atoms with Gasteiger partial charge in [-0.25, -0.2) is 0 Å². The van der Waals surface area contributed by atoms with Gasteiger partial charge in [0.2, 0.25) is 0 Å². The Kier molecular flexibility index (Phi) is 4.29. The number of aryl methyl sites for hydroxylation is 1. The SMILES string of the molecule is CCCCCC12C=CC(C1)C(CCc1ccccc1)C2. The summed E-state index contributed by atoms with van der Waals surface area (Å²) < 4.78 is 0. The van der Waals surface area contributed by atoms with E-state index in [1.54, 1.807) is 0 Å². The Labute approximate surface area is 124 Å². The molecule has 20 heavy (non-hydrogen) atoms. The molecule has 0 aliphatic heterocycles. The van der Waals surface area contributed by atoms with Crippen molar-refractivity contribution >= 4 is 0 Å². The fourth-order valence-electron chi connectivity index (χ4n) is 4.41. The molecule has 0 radical (unpaired) electrons. The van der Waals surface area contributed by atoms with Crippen LogP contribution in [0.4, 0.5) is 0 Å². The minimum atomic E-state index is 0.598. The van der Waals surface area contributed by atoms with Crippen LogP contribution in [0.1, 0.15) is 57.4 Å². The van der Waals surface area contributed by atoms with Crippen LogP contribution in [0.5, 0.6) is 0 Å². The third kappa shape index (κ3) is 3.00. The molecule has 0 nitrogen and oxygen atoms in total. The largest absolute Gasteiger partial charge is 0.0846 e. The predicted molar refractivity (Wildman–Crippen MR) is 86.7 cm³/mol. The summed E-state index contributed by atoms with van der Waals surface area (Å²) >= 11 is 0. The molecule has 1 aromatic carbocycles. The van der Waals surface area contributed by atoms with Crippen LogP contribution in [0.15, 0.2) is 42.5 Å². The van der Waals surface area contributed by atoms with E-state index in [-0.39, 0.29) is 0 Å². The quantitative estimate of drug-likeness (QED) is 0.434. The van der Waals surface area contributed by atoms with E-state index in [1.165, 1.54) is 56.9 Å². The summed E-state index contributed by atoms with van der Waals surface area (Å²) in [5, 5.41) is 0. The highest BCUT2D eigenvalue weighted by molar-refractivity contribution is 5.19. The highest BCUT2D eigenvalue weighted by Crippen LogP contribution is 2.56. The van der Waals surface area contributed by atoms with Crippen LogP contribution in [0, 0.1) is 17.3 Å². The highest BCUT2D eigenvalue weighted by atomic mass is 14.5. The zero-order valence-electron chi connectivity index (χ0n) is 12.9. The first kappa shape index (κ1) is 13.9. The van der Waals surface area contributed by atoms with E-state index in [0.717, 1.165) is 11.8 Å². The van der Waals surface area contributed by atoms with Gasteiger partial charge in [0.15, 0.2) is 0 Å². The van der Waals surface area contributed by atoms with E-state index in [9.17, 15) is 0 Å². The zero-order chi connectivity index (χ0) is 13.8. The molecular weight excluding hydrogens is 240 g/mol. The van der Waals surface area contributed by atoms with E-state index in [4.69, 9.17) is 0 Å². The smallest absolute Gasteiger partial charge is 0.0110 e. The van der Waals surface area contributed by atoms with Crippen molar-refractivity contribution in [2.75, 3.05) is 0 Å². The van der Waals surface area contributed by atoms with Gasteiger partial charge in [0, 0.05) is 0 Å². The van der Waals surface area contributed by atoms with Crippen molar-refractivity contribution in [1.29, 1.82) is 0 Å². The lowest BCUT2D eigenvalue weighted by molar-refractivity contribution is 0.324. The number of allylic oxidation sites excluding steroid dienone is 2. The molecule has 0 saturated heterocycles. The first-order valence-corrected chi connectivity index (χ1v) is 8.55. The zero-order valence-corrected chi connectivity index (χ0v) is 12.9. The first-order chi connectivity index (χ1) is 9.81. The molecular formula is C20H28.